The number of amides is 2. The van der Waals surface area contributed by atoms with Crippen LogP contribution in [0.1, 0.15) is 18.1 Å². The minimum atomic E-state index is -0.326. The van der Waals surface area contributed by atoms with Crippen LogP contribution in [0.15, 0.2) is 48.2 Å². The van der Waals surface area contributed by atoms with Gasteiger partial charge < -0.3 is 14.5 Å². The van der Waals surface area contributed by atoms with E-state index in [-0.39, 0.29) is 11.8 Å². The van der Waals surface area contributed by atoms with Crippen LogP contribution in [0.3, 0.4) is 0 Å². The van der Waals surface area contributed by atoms with Gasteiger partial charge >= 0.3 is 0 Å². The molecule has 2 aliphatic heterocycles. The highest BCUT2D eigenvalue weighted by molar-refractivity contribution is 6.46. The number of benzene rings is 2. The lowest BCUT2D eigenvalue weighted by Crippen LogP contribution is -2.46. The molecule has 31 heavy (non-hydrogen) atoms. The Hall–Kier alpha value is -2.83. The molecule has 2 aromatic carbocycles. The van der Waals surface area contributed by atoms with Gasteiger partial charge in [0.05, 0.1) is 17.9 Å². The summed E-state index contributed by atoms with van der Waals surface area (Å²) in [6.45, 7) is 7.35. The molecule has 1 saturated heterocycles. The fraction of sp³-hybridized carbons (Fsp3) is 0.333. The summed E-state index contributed by atoms with van der Waals surface area (Å²) < 4.78 is 5.54. The summed E-state index contributed by atoms with van der Waals surface area (Å²) in [6, 6.07) is 12.6. The second kappa shape index (κ2) is 8.73. The third kappa shape index (κ3) is 3.93. The van der Waals surface area contributed by atoms with Crippen molar-refractivity contribution < 1.29 is 14.3 Å². The smallest absolute Gasteiger partial charge is 0.282 e. The van der Waals surface area contributed by atoms with E-state index in [0.717, 1.165) is 18.8 Å². The first-order chi connectivity index (χ1) is 14.9. The van der Waals surface area contributed by atoms with Gasteiger partial charge in [0.15, 0.2) is 0 Å². The SMILES string of the molecule is CCOc1ccc(C2=C(N3CCN(C)CC3)C(=O)N(c3cccc(Cl)c3C)C2=O)cc1. The van der Waals surface area contributed by atoms with Gasteiger partial charge in [0.2, 0.25) is 0 Å². The van der Waals surface area contributed by atoms with E-state index in [9.17, 15) is 9.59 Å². The van der Waals surface area contributed by atoms with Crippen LogP contribution in [0, 0.1) is 6.92 Å². The number of nitrogens with zero attached hydrogens (tertiary/aromatic N) is 3. The first kappa shape index (κ1) is 21.4. The summed E-state index contributed by atoms with van der Waals surface area (Å²) in [6.07, 6.45) is 0. The largest absolute Gasteiger partial charge is 0.494 e. The van der Waals surface area contributed by atoms with E-state index in [1.54, 1.807) is 18.2 Å². The Labute approximate surface area is 187 Å². The topological polar surface area (TPSA) is 53.1 Å². The van der Waals surface area contributed by atoms with Crippen LogP contribution in [-0.4, -0.2) is 61.4 Å². The number of anilines is 1. The zero-order chi connectivity index (χ0) is 22.1. The number of hydrogen-bond acceptors (Lipinski definition) is 5. The fourth-order valence-electron chi connectivity index (χ4n) is 4.04. The molecule has 162 valence electrons. The summed E-state index contributed by atoms with van der Waals surface area (Å²) in [5.74, 6) is 0.101. The molecule has 0 atom stereocenters. The van der Waals surface area contributed by atoms with Gasteiger partial charge in [-0.15, -0.1) is 0 Å². The second-order valence-electron chi connectivity index (χ2n) is 7.80. The van der Waals surface area contributed by atoms with Gasteiger partial charge in [-0.25, -0.2) is 4.90 Å². The Kier molecular flexibility index (Phi) is 6.03. The van der Waals surface area contributed by atoms with Gasteiger partial charge in [0.1, 0.15) is 11.4 Å². The number of ether oxygens (including phenoxy) is 1. The zero-order valence-corrected chi connectivity index (χ0v) is 18.8. The van der Waals surface area contributed by atoms with E-state index in [0.29, 0.717) is 52.8 Å². The normalized spacial score (nSPS) is 17.7. The van der Waals surface area contributed by atoms with E-state index in [1.165, 1.54) is 4.90 Å². The van der Waals surface area contributed by atoms with Gasteiger partial charge in [-0.05, 0) is 56.3 Å². The lowest BCUT2D eigenvalue weighted by Gasteiger charge is -2.34. The molecule has 2 aliphatic rings. The number of piperazine rings is 1. The van der Waals surface area contributed by atoms with Crippen LogP contribution in [0.5, 0.6) is 5.75 Å². The molecule has 0 aromatic heterocycles. The van der Waals surface area contributed by atoms with Crippen LogP contribution < -0.4 is 9.64 Å². The van der Waals surface area contributed by atoms with Crippen molar-refractivity contribution in [1.82, 2.24) is 9.80 Å². The van der Waals surface area contributed by atoms with Gasteiger partial charge in [0, 0.05) is 31.2 Å². The Morgan fingerprint density at radius 3 is 2.29 bits per heavy atom. The predicted molar refractivity (Wildman–Crippen MR) is 122 cm³/mol. The maximum atomic E-state index is 13.6. The molecule has 0 unspecified atom stereocenters. The number of halogens is 1. The van der Waals surface area contributed by atoms with Crippen LogP contribution >= 0.6 is 11.6 Å². The summed E-state index contributed by atoms with van der Waals surface area (Å²) in [5, 5.41) is 0.522. The Bertz CT molecular complexity index is 1040. The molecular formula is C24H26ClN3O3. The first-order valence-electron chi connectivity index (χ1n) is 10.5. The summed E-state index contributed by atoms with van der Waals surface area (Å²) in [7, 11) is 2.06. The zero-order valence-electron chi connectivity index (χ0n) is 18.0. The van der Waals surface area contributed by atoms with Crippen LogP contribution in [0.25, 0.3) is 5.57 Å². The quantitative estimate of drug-likeness (QED) is 0.666. The van der Waals surface area contributed by atoms with Crippen LogP contribution in [-0.2, 0) is 9.59 Å². The van der Waals surface area contributed by atoms with Crippen LogP contribution in [0.4, 0.5) is 5.69 Å². The summed E-state index contributed by atoms with van der Waals surface area (Å²) in [5.41, 5.74) is 2.82. The molecule has 0 N–H and O–H groups in total. The van der Waals surface area contributed by atoms with Crippen molar-refractivity contribution in [3.63, 3.8) is 0 Å². The van der Waals surface area contributed by atoms with Crippen molar-refractivity contribution in [2.45, 2.75) is 13.8 Å². The Balaban J connectivity index is 1.80. The van der Waals surface area contributed by atoms with E-state index < -0.39 is 0 Å². The average molecular weight is 440 g/mol. The van der Waals surface area contributed by atoms with Crippen LogP contribution in [0.2, 0.25) is 5.02 Å². The molecule has 1 fully saturated rings. The molecule has 2 aromatic rings. The maximum absolute atomic E-state index is 13.6. The van der Waals surface area contributed by atoms with Crippen molar-refractivity contribution in [2.75, 3.05) is 44.7 Å². The highest BCUT2D eigenvalue weighted by atomic mass is 35.5. The number of imide groups is 1. The lowest BCUT2D eigenvalue weighted by molar-refractivity contribution is -0.120. The molecule has 4 rings (SSSR count). The number of carbonyl (C=O) groups excluding carboxylic acids is 2. The highest BCUT2D eigenvalue weighted by Crippen LogP contribution is 2.38. The fourth-order valence-corrected chi connectivity index (χ4v) is 4.21. The van der Waals surface area contributed by atoms with Gasteiger partial charge in [-0.2, -0.15) is 0 Å². The summed E-state index contributed by atoms with van der Waals surface area (Å²) >= 11 is 6.30. The summed E-state index contributed by atoms with van der Waals surface area (Å²) in [4.78, 5) is 32.8. The Morgan fingerprint density at radius 2 is 1.65 bits per heavy atom. The minimum Gasteiger partial charge on any atom is -0.494 e. The average Bonchev–Trinajstić information content (AvgIpc) is 3.02. The van der Waals surface area contributed by atoms with E-state index in [2.05, 4.69) is 11.9 Å². The van der Waals surface area contributed by atoms with Gasteiger partial charge in [-0.3, -0.25) is 9.59 Å². The van der Waals surface area contributed by atoms with E-state index in [4.69, 9.17) is 16.3 Å². The maximum Gasteiger partial charge on any atom is 0.282 e. The molecular weight excluding hydrogens is 414 g/mol. The van der Waals surface area contributed by atoms with Crippen molar-refractivity contribution >= 4 is 34.7 Å². The molecule has 6 nitrogen and oxygen atoms in total. The molecule has 0 saturated carbocycles. The van der Waals surface area contributed by atoms with Crippen molar-refractivity contribution in [2.24, 2.45) is 0 Å². The number of likely N-dealkylation sites (N-methyl/N-ethyl adjacent to an activating group) is 1. The lowest BCUT2D eigenvalue weighted by atomic mass is 10.0. The Morgan fingerprint density at radius 1 is 0.968 bits per heavy atom. The molecule has 0 spiro atoms. The number of rotatable bonds is 5. The third-order valence-electron chi connectivity index (χ3n) is 5.81. The molecule has 0 aliphatic carbocycles. The first-order valence-corrected chi connectivity index (χ1v) is 10.8. The molecule has 0 radical (unpaired) electrons. The van der Waals surface area contributed by atoms with Crippen molar-refractivity contribution in [3.05, 3.63) is 64.3 Å². The predicted octanol–water partition coefficient (Wildman–Crippen LogP) is 3.58. The van der Waals surface area contributed by atoms with E-state index >= 15 is 0 Å². The number of hydrogen-bond donors (Lipinski definition) is 0. The third-order valence-corrected chi connectivity index (χ3v) is 6.22. The minimum absolute atomic E-state index is 0.302. The van der Waals surface area contributed by atoms with Crippen molar-refractivity contribution in [3.8, 4) is 5.75 Å². The molecule has 2 amide bonds. The highest BCUT2D eigenvalue weighted by Gasteiger charge is 2.43. The van der Waals surface area contributed by atoms with Gasteiger partial charge in [0.25, 0.3) is 11.8 Å². The molecule has 7 heteroatoms. The standard InChI is InChI=1S/C24H26ClN3O3/c1-4-31-18-10-8-17(9-11-18)21-22(27-14-12-26(3)13-15-27)24(30)28(23(21)29)20-7-5-6-19(25)16(20)2/h5-11H,4,12-15H2,1-3H3. The number of carbonyl (C=O) groups is 2. The molecule has 0 bridgehead atoms. The second-order valence-corrected chi connectivity index (χ2v) is 8.21. The molecule has 2 heterocycles. The monoisotopic (exact) mass is 439 g/mol. The van der Waals surface area contributed by atoms with Crippen molar-refractivity contribution in [1.29, 1.82) is 0 Å². The van der Waals surface area contributed by atoms with Gasteiger partial charge in [-0.1, -0.05) is 29.8 Å². The van der Waals surface area contributed by atoms with E-state index in [1.807, 2.05) is 43.0 Å².